The summed E-state index contributed by atoms with van der Waals surface area (Å²) in [5.74, 6) is -2.49. The molecule has 0 spiro atoms. The first-order chi connectivity index (χ1) is 15.1. The molecule has 0 aliphatic carbocycles. The second kappa shape index (κ2) is 8.73. The molecule has 11 nitrogen and oxygen atoms in total. The molecule has 3 aromatic carbocycles. The monoisotopic (exact) mass is 455 g/mol. The number of hydrogen-bond donors (Lipinski definition) is 0. The molecule has 0 atom stereocenters. The summed E-state index contributed by atoms with van der Waals surface area (Å²) >= 11 is 0. The Kier molecular flexibility index (Phi) is 6.07. The molecule has 0 N–H and O–H groups in total. The molecular weight excluding hydrogens is 442 g/mol. The van der Waals surface area contributed by atoms with E-state index in [0.717, 1.165) is 48.5 Å². The summed E-state index contributed by atoms with van der Waals surface area (Å²) < 4.78 is 26.4. The Bertz CT molecular complexity index is 1240. The number of nitro groups is 2. The molecule has 162 valence electrons. The van der Waals surface area contributed by atoms with Gasteiger partial charge in [-0.3, -0.25) is 29.8 Å². The molecule has 3 rings (SSSR count). The van der Waals surface area contributed by atoms with Crippen molar-refractivity contribution in [3.8, 4) is 0 Å². The van der Waals surface area contributed by atoms with Crippen molar-refractivity contribution >= 4 is 33.2 Å². The molecule has 0 heterocycles. The van der Waals surface area contributed by atoms with E-state index in [-0.39, 0.29) is 31.7 Å². The highest BCUT2D eigenvalue weighted by Crippen LogP contribution is 2.23. The third-order valence-electron chi connectivity index (χ3n) is 4.30. The van der Waals surface area contributed by atoms with E-state index in [2.05, 4.69) is 0 Å². The number of sulfonamides is 1. The van der Waals surface area contributed by atoms with Crippen LogP contribution in [0.3, 0.4) is 0 Å². The quantitative estimate of drug-likeness (QED) is 0.311. The molecule has 0 saturated heterocycles. The Morgan fingerprint density at radius 1 is 0.656 bits per heavy atom. The van der Waals surface area contributed by atoms with Crippen LogP contribution in [0.4, 0.5) is 11.4 Å². The van der Waals surface area contributed by atoms with Crippen LogP contribution in [0.5, 0.6) is 0 Å². The van der Waals surface area contributed by atoms with E-state index in [1.54, 1.807) is 6.07 Å². The van der Waals surface area contributed by atoms with Gasteiger partial charge in [0.2, 0.25) is 0 Å². The number of imide groups is 1. The molecule has 0 saturated carbocycles. The van der Waals surface area contributed by atoms with Gasteiger partial charge in [-0.05, 0) is 36.4 Å². The molecule has 12 heteroatoms. The predicted molar refractivity (Wildman–Crippen MR) is 110 cm³/mol. The van der Waals surface area contributed by atoms with Crippen LogP contribution in [0.15, 0.2) is 83.8 Å². The Balaban J connectivity index is 2.10. The van der Waals surface area contributed by atoms with Crippen molar-refractivity contribution < 1.29 is 27.9 Å². The molecule has 0 bridgehead atoms. The highest BCUT2D eigenvalue weighted by atomic mass is 32.2. The zero-order valence-electron chi connectivity index (χ0n) is 16.0. The van der Waals surface area contributed by atoms with Gasteiger partial charge in [-0.25, -0.2) is 8.42 Å². The van der Waals surface area contributed by atoms with E-state index in [1.807, 2.05) is 0 Å². The standard InChI is InChI=1S/C20H13N3O8S/c24-19(14-6-10-16(11-7-14)22(26)27)21(32(30,31)18-4-2-1-3-5-18)20(25)15-8-12-17(13-9-15)23(28)29/h1-13H. The summed E-state index contributed by atoms with van der Waals surface area (Å²) in [7, 11) is -4.68. The molecule has 0 aliphatic heterocycles. The van der Waals surface area contributed by atoms with Gasteiger partial charge < -0.3 is 0 Å². The third kappa shape index (κ3) is 4.34. The van der Waals surface area contributed by atoms with Gasteiger partial charge in [-0.15, -0.1) is 0 Å². The van der Waals surface area contributed by atoms with Gasteiger partial charge in [0.1, 0.15) is 0 Å². The van der Waals surface area contributed by atoms with Gasteiger partial charge in [0, 0.05) is 35.4 Å². The van der Waals surface area contributed by atoms with E-state index in [9.17, 15) is 38.2 Å². The van der Waals surface area contributed by atoms with Crippen LogP contribution in [0.25, 0.3) is 0 Å². The number of rotatable bonds is 6. The fourth-order valence-corrected chi connectivity index (χ4v) is 4.05. The van der Waals surface area contributed by atoms with E-state index >= 15 is 0 Å². The summed E-state index contributed by atoms with van der Waals surface area (Å²) in [6.45, 7) is 0. The topological polar surface area (TPSA) is 158 Å². The Hall–Kier alpha value is -4.45. The van der Waals surface area contributed by atoms with Crippen LogP contribution in [0.2, 0.25) is 0 Å². The number of non-ortho nitro benzene ring substituents is 2. The largest absolute Gasteiger partial charge is 0.274 e. The van der Waals surface area contributed by atoms with Gasteiger partial charge in [-0.1, -0.05) is 18.2 Å². The molecule has 0 aliphatic rings. The van der Waals surface area contributed by atoms with Crippen molar-refractivity contribution in [2.75, 3.05) is 0 Å². The lowest BCUT2D eigenvalue weighted by Gasteiger charge is -2.21. The number of hydrogen-bond acceptors (Lipinski definition) is 8. The van der Waals surface area contributed by atoms with Crippen molar-refractivity contribution in [1.82, 2.24) is 4.31 Å². The van der Waals surface area contributed by atoms with Crippen molar-refractivity contribution in [3.05, 3.63) is 110 Å². The zero-order chi connectivity index (χ0) is 23.5. The smallest absolute Gasteiger partial charge is 0.267 e. The van der Waals surface area contributed by atoms with Crippen LogP contribution in [0, 0.1) is 20.2 Å². The summed E-state index contributed by atoms with van der Waals surface area (Å²) in [5.41, 5.74) is -1.24. The van der Waals surface area contributed by atoms with Gasteiger partial charge >= 0.3 is 0 Å². The van der Waals surface area contributed by atoms with Gasteiger partial charge in [0.05, 0.1) is 14.7 Å². The minimum Gasteiger partial charge on any atom is -0.267 e. The first kappa shape index (κ1) is 22.2. The predicted octanol–water partition coefficient (Wildman–Crippen LogP) is 3.17. The number of amides is 2. The molecule has 2 amide bonds. The first-order valence-electron chi connectivity index (χ1n) is 8.81. The number of benzene rings is 3. The lowest BCUT2D eigenvalue weighted by molar-refractivity contribution is -0.385. The maximum absolute atomic E-state index is 13.2. The van der Waals surface area contributed by atoms with Crippen LogP contribution >= 0.6 is 0 Å². The van der Waals surface area contributed by atoms with Crippen LogP contribution in [-0.4, -0.2) is 34.4 Å². The molecule has 0 aromatic heterocycles. The van der Waals surface area contributed by atoms with E-state index < -0.39 is 31.7 Å². The minimum atomic E-state index is -4.68. The number of nitrogens with zero attached hydrogens (tertiary/aromatic N) is 3. The summed E-state index contributed by atoms with van der Waals surface area (Å²) in [4.78, 5) is 46.1. The minimum absolute atomic E-state index is 0.0324. The van der Waals surface area contributed by atoms with E-state index in [0.29, 0.717) is 0 Å². The molecule has 32 heavy (non-hydrogen) atoms. The number of carbonyl (C=O) groups excluding carboxylic acids is 2. The molecule has 0 unspecified atom stereocenters. The second-order valence-electron chi connectivity index (χ2n) is 6.30. The Labute approximate surface area is 180 Å². The van der Waals surface area contributed by atoms with Crippen molar-refractivity contribution in [3.63, 3.8) is 0 Å². The molecule has 0 radical (unpaired) electrons. The number of nitro benzene ring substituents is 2. The summed E-state index contributed by atoms with van der Waals surface area (Å²) in [5, 5.41) is 21.7. The van der Waals surface area contributed by atoms with Gasteiger partial charge in [0.25, 0.3) is 33.2 Å². The summed E-state index contributed by atoms with van der Waals surface area (Å²) in [6.07, 6.45) is 0. The Morgan fingerprint density at radius 3 is 1.38 bits per heavy atom. The van der Waals surface area contributed by atoms with Crippen LogP contribution in [0.1, 0.15) is 20.7 Å². The van der Waals surface area contributed by atoms with E-state index in [1.165, 1.54) is 24.3 Å². The maximum Gasteiger partial charge on any atom is 0.274 e. The van der Waals surface area contributed by atoms with Crippen LogP contribution < -0.4 is 0 Å². The zero-order valence-corrected chi connectivity index (χ0v) is 16.8. The number of carbonyl (C=O) groups is 2. The third-order valence-corrected chi connectivity index (χ3v) is 5.98. The highest BCUT2D eigenvalue weighted by molar-refractivity contribution is 7.90. The second-order valence-corrected chi connectivity index (χ2v) is 8.09. The average Bonchev–Trinajstić information content (AvgIpc) is 2.79. The lowest BCUT2D eigenvalue weighted by atomic mass is 10.1. The lowest BCUT2D eigenvalue weighted by Crippen LogP contribution is -2.41. The molecular formula is C20H13N3O8S. The van der Waals surface area contributed by atoms with Gasteiger partial charge in [-0.2, -0.15) is 4.31 Å². The Morgan fingerprint density at radius 2 is 1.03 bits per heavy atom. The van der Waals surface area contributed by atoms with Gasteiger partial charge in [0.15, 0.2) is 0 Å². The van der Waals surface area contributed by atoms with Crippen molar-refractivity contribution in [1.29, 1.82) is 0 Å². The highest BCUT2D eigenvalue weighted by Gasteiger charge is 2.36. The summed E-state index contributed by atoms with van der Waals surface area (Å²) in [6, 6.07) is 14.8. The van der Waals surface area contributed by atoms with E-state index in [4.69, 9.17) is 0 Å². The van der Waals surface area contributed by atoms with Crippen molar-refractivity contribution in [2.45, 2.75) is 4.90 Å². The fourth-order valence-electron chi connectivity index (χ4n) is 2.69. The molecule has 0 fully saturated rings. The maximum atomic E-state index is 13.2. The normalized spacial score (nSPS) is 10.9. The average molecular weight is 455 g/mol. The fraction of sp³-hybridized carbons (Fsp3) is 0. The molecule has 3 aromatic rings. The van der Waals surface area contributed by atoms with Crippen molar-refractivity contribution in [2.24, 2.45) is 0 Å². The first-order valence-corrected chi connectivity index (χ1v) is 10.2. The van der Waals surface area contributed by atoms with Crippen LogP contribution in [-0.2, 0) is 10.0 Å². The SMILES string of the molecule is O=C(c1ccc([N+](=O)[O-])cc1)N(C(=O)c1ccc([N+](=O)[O-])cc1)S(=O)(=O)c1ccccc1.